The molecule has 1 aliphatic rings. The van der Waals surface area contributed by atoms with E-state index in [0.29, 0.717) is 0 Å². The maximum absolute atomic E-state index is 6.31. The molecule has 0 N–H and O–H groups in total. The van der Waals surface area contributed by atoms with Crippen molar-refractivity contribution in [2.45, 2.75) is 26.3 Å². The summed E-state index contributed by atoms with van der Waals surface area (Å²) in [7, 11) is 0. The average molecular weight is 387 g/mol. The number of aromatic nitrogens is 1. The summed E-state index contributed by atoms with van der Waals surface area (Å²) in [5.41, 5.74) is 6.10. The Labute approximate surface area is 170 Å². The van der Waals surface area contributed by atoms with Gasteiger partial charge in [-0.15, -0.1) is 0 Å². The summed E-state index contributed by atoms with van der Waals surface area (Å²) in [6.45, 7) is 5.44. The van der Waals surface area contributed by atoms with Gasteiger partial charge in [0.05, 0.1) is 11.2 Å². The molecule has 2 nitrogen and oxygen atoms in total. The summed E-state index contributed by atoms with van der Waals surface area (Å²) in [5.74, 6) is 0. The van der Waals surface area contributed by atoms with Crippen LogP contribution in [0.5, 0.6) is 0 Å². The van der Waals surface area contributed by atoms with E-state index in [1.807, 2.05) is 18.2 Å². The maximum Gasteiger partial charge on any atom is 0.0758 e. The molecular formula is C25H23ClN2. The first-order valence-corrected chi connectivity index (χ1v) is 10.4. The van der Waals surface area contributed by atoms with E-state index in [9.17, 15) is 0 Å². The van der Waals surface area contributed by atoms with Crippen LogP contribution in [0.3, 0.4) is 0 Å². The third kappa shape index (κ3) is 2.97. The smallest absolute Gasteiger partial charge is 0.0758 e. The van der Waals surface area contributed by atoms with Gasteiger partial charge in [0.2, 0.25) is 0 Å². The van der Waals surface area contributed by atoms with E-state index in [-0.39, 0.29) is 0 Å². The summed E-state index contributed by atoms with van der Waals surface area (Å²) < 4.78 is 0. The molecule has 0 fully saturated rings. The molecule has 1 aliphatic heterocycles. The molecule has 0 saturated heterocycles. The van der Waals surface area contributed by atoms with E-state index in [4.69, 9.17) is 16.6 Å². The van der Waals surface area contributed by atoms with Crippen molar-refractivity contribution in [3.8, 4) is 11.3 Å². The Hall–Kier alpha value is -2.42. The van der Waals surface area contributed by atoms with Gasteiger partial charge in [-0.25, -0.2) is 4.98 Å². The second kappa shape index (κ2) is 7.20. The maximum atomic E-state index is 6.31. The van der Waals surface area contributed by atoms with Crippen molar-refractivity contribution in [1.82, 2.24) is 9.88 Å². The highest BCUT2D eigenvalue weighted by Gasteiger charge is 2.24. The van der Waals surface area contributed by atoms with Crippen LogP contribution in [0.2, 0.25) is 5.02 Å². The fourth-order valence-corrected chi connectivity index (χ4v) is 4.74. The van der Waals surface area contributed by atoms with Gasteiger partial charge in [0.1, 0.15) is 0 Å². The summed E-state index contributed by atoms with van der Waals surface area (Å²) in [6, 6.07) is 21.1. The first-order chi connectivity index (χ1) is 13.7. The number of nitrogens with zero attached hydrogens (tertiary/aromatic N) is 2. The minimum absolute atomic E-state index is 0.757. The van der Waals surface area contributed by atoms with Gasteiger partial charge in [-0.1, -0.05) is 61.0 Å². The Morgan fingerprint density at radius 1 is 1.00 bits per heavy atom. The van der Waals surface area contributed by atoms with Crippen LogP contribution in [0.25, 0.3) is 32.9 Å². The SMILES string of the molecule is CCCN1CCc2c(c(-c3cccc(Cl)c3)nc3ccc4ccccc4c23)C1. The predicted molar refractivity (Wildman–Crippen MR) is 119 cm³/mol. The molecule has 1 aromatic heterocycles. The monoisotopic (exact) mass is 386 g/mol. The largest absolute Gasteiger partial charge is 0.299 e. The van der Waals surface area contributed by atoms with Crippen LogP contribution >= 0.6 is 11.6 Å². The molecule has 0 atom stereocenters. The van der Waals surface area contributed by atoms with E-state index in [1.54, 1.807) is 0 Å². The normalized spacial score (nSPS) is 14.5. The number of halogens is 1. The highest BCUT2D eigenvalue weighted by molar-refractivity contribution is 6.30. The number of rotatable bonds is 3. The Morgan fingerprint density at radius 2 is 1.89 bits per heavy atom. The lowest BCUT2D eigenvalue weighted by molar-refractivity contribution is 0.255. The number of hydrogen-bond donors (Lipinski definition) is 0. The van der Waals surface area contributed by atoms with Gasteiger partial charge in [-0.3, -0.25) is 4.90 Å². The molecule has 28 heavy (non-hydrogen) atoms. The van der Waals surface area contributed by atoms with Crippen molar-refractivity contribution in [2.75, 3.05) is 13.1 Å². The summed E-state index contributed by atoms with van der Waals surface area (Å²) in [6.07, 6.45) is 2.24. The summed E-state index contributed by atoms with van der Waals surface area (Å²) in [4.78, 5) is 7.71. The Balaban J connectivity index is 1.83. The molecule has 0 saturated carbocycles. The van der Waals surface area contributed by atoms with E-state index in [0.717, 1.165) is 47.9 Å². The van der Waals surface area contributed by atoms with Crippen LogP contribution in [0.1, 0.15) is 24.5 Å². The first-order valence-electron chi connectivity index (χ1n) is 10.1. The minimum Gasteiger partial charge on any atom is -0.299 e. The van der Waals surface area contributed by atoms with Crippen molar-refractivity contribution < 1.29 is 0 Å². The van der Waals surface area contributed by atoms with E-state index < -0.39 is 0 Å². The van der Waals surface area contributed by atoms with Crippen LogP contribution in [0.15, 0.2) is 60.7 Å². The Bertz CT molecular complexity index is 1180. The lowest BCUT2D eigenvalue weighted by Crippen LogP contribution is -2.32. The number of pyridine rings is 1. The zero-order valence-electron chi connectivity index (χ0n) is 16.1. The highest BCUT2D eigenvalue weighted by atomic mass is 35.5. The van der Waals surface area contributed by atoms with E-state index in [2.05, 4.69) is 54.3 Å². The topological polar surface area (TPSA) is 16.1 Å². The van der Waals surface area contributed by atoms with E-state index in [1.165, 1.54) is 33.7 Å². The molecule has 0 spiro atoms. The standard InChI is InChI=1S/C25H23ClN2/c1-2-13-28-14-12-21-22(16-28)25(18-7-5-8-19(26)15-18)27-23-11-10-17-6-3-4-9-20(17)24(21)23/h3-11,15H,2,12-14,16H2,1H3. The fourth-order valence-electron chi connectivity index (χ4n) is 4.55. The van der Waals surface area contributed by atoms with Crippen LogP contribution < -0.4 is 0 Å². The molecule has 140 valence electrons. The molecule has 0 aliphatic carbocycles. The molecule has 5 rings (SSSR count). The molecule has 3 heteroatoms. The van der Waals surface area contributed by atoms with Crippen molar-refractivity contribution in [1.29, 1.82) is 0 Å². The average Bonchev–Trinajstić information content (AvgIpc) is 2.73. The lowest BCUT2D eigenvalue weighted by atomic mass is 9.89. The van der Waals surface area contributed by atoms with Crippen LogP contribution in [-0.4, -0.2) is 23.0 Å². The minimum atomic E-state index is 0.757. The van der Waals surface area contributed by atoms with Gasteiger partial charge >= 0.3 is 0 Å². The number of fused-ring (bicyclic) bond motifs is 5. The van der Waals surface area contributed by atoms with Gasteiger partial charge in [0.15, 0.2) is 0 Å². The van der Waals surface area contributed by atoms with Gasteiger partial charge in [0.25, 0.3) is 0 Å². The third-order valence-corrected chi connectivity index (χ3v) is 6.02. The molecular weight excluding hydrogens is 364 g/mol. The second-order valence-corrected chi connectivity index (χ2v) is 8.07. The number of benzene rings is 3. The quantitative estimate of drug-likeness (QED) is 0.375. The molecule has 2 heterocycles. The van der Waals surface area contributed by atoms with Gasteiger partial charge in [-0.2, -0.15) is 0 Å². The van der Waals surface area contributed by atoms with Gasteiger partial charge in [-0.05, 0) is 59.5 Å². The number of hydrogen-bond acceptors (Lipinski definition) is 2. The van der Waals surface area contributed by atoms with Gasteiger partial charge in [0, 0.05) is 29.1 Å². The van der Waals surface area contributed by atoms with Crippen molar-refractivity contribution in [3.63, 3.8) is 0 Å². The molecule has 0 amide bonds. The van der Waals surface area contributed by atoms with Crippen molar-refractivity contribution in [2.24, 2.45) is 0 Å². The molecule has 0 bridgehead atoms. The van der Waals surface area contributed by atoms with Crippen LogP contribution in [0.4, 0.5) is 0 Å². The second-order valence-electron chi connectivity index (χ2n) is 7.63. The predicted octanol–water partition coefficient (Wildman–Crippen LogP) is 6.48. The molecule has 0 unspecified atom stereocenters. The fraction of sp³-hybridized carbons (Fsp3) is 0.240. The van der Waals surface area contributed by atoms with Crippen LogP contribution in [0, 0.1) is 0 Å². The summed E-state index contributed by atoms with van der Waals surface area (Å²) in [5, 5.41) is 4.68. The Kier molecular flexibility index (Phi) is 4.54. The summed E-state index contributed by atoms with van der Waals surface area (Å²) >= 11 is 6.31. The van der Waals surface area contributed by atoms with Crippen molar-refractivity contribution in [3.05, 3.63) is 76.8 Å². The third-order valence-electron chi connectivity index (χ3n) is 5.79. The Morgan fingerprint density at radius 3 is 2.75 bits per heavy atom. The first kappa shape index (κ1) is 17.7. The molecule has 4 aromatic rings. The van der Waals surface area contributed by atoms with Gasteiger partial charge < -0.3 is 0 Å². The lowest BCUT2D eigenvalue weighted by Gasteiger charge is -2.31. The van der Waals surface area contributed by atoms with E-state index >= 15 is 0 Å². The van der Waals surface area contributed by atoms with Crippen LogP contribution in [-0.2, 0) is 13.0 Å². The zero-order chi connectivity index (χ0) is 19.1. The highest BCUT2D eigenvalue weighted by Crippen LogP contribution is 2.37. The zero-order valence-corrected chi connectivity index (χ0v) is 16.8. The molecule has 0 radical (unpaired) electrons. The van der Waals surface area contributed by atoms with Crippen molar-refractivity contribution >= 4 is 33.3 Å². The molecule has 3 aromatic carbocycles.